The Kier molecular flexibility index (Phi) is 5.21. The largest absolute Gasteiger partial charge is 0.383 e. The molecule has 0 radical (unpaired) electrons. The number of rotatable bonds is 3. The first kappa shape index (κ1) is 19.7. The number of nitrogen functional groups attached to an aromatic ring is 1. The minimum Gasteiger partial charge on any atom is -0.383 e. The van der Waals surface area contributed by atoms with E-state index in [0.29, 0.717) is 32.2 Å². The average Bonchev–Trinajstić information content (AvgIpc) is 2.68. The predicted molar refractivity (Wildman–Crippen MR) is 122 cm³/mol. The number of anilines is 3. The molecule has 0 saturated carbocycles. The van der Waals surface area contributed by atoms with Gasteiger partial charge >= 0.3 is 0 Å². The summed E-state index contributed by atoms with van der Waals surface area (Å²) in [5.41, 5.74) is 7.88. The van der Waals surface area contributed by atoms with Gasteiger partial charge in [0, 0.05) is 22.8 Å². The molecule has 6 nitrogen and oxygen atoms in total. The Morgan fingerprint density at radius 2 is 1.72 bits per heavy atom. The van der Waals surface area contributed by atoms with E-state index in [-0.39, 0.29) is 17.3 Å². The number of aryl methyl sites for hydroxylation is 1. The molecule has 2 aromatic carbocycles. The zero-order valence-electron chi connectivity index (χ0n) is 15.1. The standard InChI is InChI=1S/C20H14BrCl2N5O/c1-28-18-13(9-12(19(28)29)16-14(22)3-2-4-15(16)23)17(24)26-20(27-18)25-11-7-5-10(21)6-8-11/h2-9H,1H3,(H3,24,25,26,27). The predicted octanol–water partition coefficient (Wildman–Crippen LogP) is 5.39. The molecule has 4 rings (SSSR count). The molecule has 0 amide bonds. The first-order valence-electron chi connectivity index (χ1n) is 8.49. The van der Waals surface area contributed by atoms with Gasteiger partial charge < -0.3 is 11.1 Å². The Morgan fingerprint density at radius 3 is 2.38 bits per heavy atom. The third-order valence-electron chi connectivity index (χ3n) is 4.43. The molecule has 0 aliphatic rings. The van der Waals surface area contributed by atoms with Gasteiger partial charge in [-0.05, 0) is 42.5 Å². The van der Waals surface area contributed by atoms with Crippen LogP contribution in [0.15, 0.2) is 57.8 Å². The highest BCUT2D eigenvalue weighted by molar-refractivity contribution is 9.10. The molecule has 29 heavy (non-hydrogen) atoms. The monoisotopic (exact) mass is 489 g/mol. The van der Waals surface area contributed by atoms with Gasteiger partial charge in [0.2, 0.25) is 5.95 Å². The van der Waals surface area contributed by atoms with Crippen LogP contribution in [0, 0.1) is 0 Å². The second-order valence-corrected chi connectivity index (χ2v) is 8.05. The summed E-state index contributed by atoms with van der Waals surface area (Å²) in [5, 5.41) is 4.38. The van der Waals surface area contributed by atoms with Crippen molar-refractivity contribution >= 4 is 67.6 Å². The molecule has 0 fully saturated rings. The van der Waals surface area contributed by atoms with Gasteiger partial charge in [0.15, 0.2) is 0 Å². The third kappa shape index (κ3) is 3.69. The van der Waals surface area contributed by atoms with E-state index < -0.39 is 0 Å². The second-order valence-electron chi connectivity index (χ2n) is 6.32. The number of aromatic nitrogens is 3. The molecular weight excluding hydrogens is 477 g/mol. The van der Waals surface area contributed by atoms with Gasteiger partial charge in [-0.1, -0.05) is 45.2 Å². The highest BCUT2D eigenvalue weighted by Crippen LogP contribution is 2.34. The van der Waals surface area contributed by atoms with Gasteiger partial charge in [-0.2, -0.15) is 9.97 Å². The van der Waals surface area contributed by atoms with E-state index in [9.17, 15) is 4.79 Å². The van der Waals surface area contributed by atoms with Crippen LogP contribution in [0.1, 0.15) is 0 Å². The molecule has 4 aromatic rings. The summed E-state index contributed by atoms with van der Waals surface area (Å²) in [6.07, 6.45) is 0. The van der Waals surface area contributed by atoms with Crippen LogP contribution in [-0.4, -0.2) is 14.5 Å². The van der Waals surface area contributed by atoms with Crippen LogP contribution in [0.5, 0.6) is 0 Å². The topological polar surface area (TPSA) is 85.8 Å². The van der Waals surface area contributed by atoms with Crippen LogP contribution in [-0.2, 0) is 7.05 Å². The van der Waals surface area contributed by atoms with Crippen LogP contribution in [0.25, 0.3) is 22.2 Å². The third-order valence-corrected chi connectivity index (χ3v) is 5.59. The zero-order valence-corrected chi connectivity index (χ0v) is 18.2. The highest BCUT2D eigenvalue weighted by atomic mass is 79.9. The van der Waals surface area contributed by atoms with Crippen molar-refractivity contribution in [2.24, 2.45) is 7.05 Å². The Bertz CT molecular complexity index is 1280. The van der Waals surface area contributed by atoms with Crippen molar-refractivity contribution in [3.63, 3.8) is 0 Å². The summed E-state index contributed by atoms with van der Waals surface area (Å²) in [7, 11) is 1.62. The number of hydrogen-bond acceptors (Lipinski definition) is 5. The minimum atomic E-state index is -0.291. The summed E-state index contributed by atoms with van der Waals surface area (Å²) in [4.78, 5) is 21.8. The Balaban J connectivity index is 1.88. The molecular formula is C20H14BrCl2N5O. The number of benzene rings is 2. The Hall–Kier alpha value is -2.61. The van der Waals surface area contributed by atoms with Crippen molar-refractivity contribution in [1.82, 2.24) is 14.5 Å². The maximum atomic E-state index is 13.0. The van der Waals surface area contributed by atoms with Crippen molar-refractivity contribution < 1.29 is 0 Å². The maximum Gasteiger partial charge on any atom is 0.259 e. The molecule has 0 atom stereocenters. The van der Waals surface area contributed by atoms with E-state index in [2.05, 4.69) is 31.2 Å². The number of pyridine rings is 1. The summed E-state index contributed by atoms with van der Waals surface area (Å²) in [6.45, 7) is 0. The highest BCUT2D eigenvalue weighted by Gasteiger charge is 2.18. The smallest absolute Gasteiger partial charge is 0.259 e. The summed E-state index contributed by atoms with van der Waals surface area (Å²) in [6, 6.07) is 14.2. The van der Waals surface area contributed by atoms with E-state index in [0.717, 1.165) is 10.2 Å². The number of nitrogens with zero attached hydrogens (tertiary/aromatic N) is 3. The molecule has 0 spiro atoms. The molecule has 146 valence electrons. The number of fused-ring (bicyclic) bond motifs is 1. The van der Waals surface area contributed by atoms with Crippen LogP contribution in [0.2, 0.25) is 10.0 Å². The van der Waals surface area contributed by atoms with Crippen LogP contribution < -0.4 is 16.6 Å². The lowest BCUT2D eigenvalue weighted by atomic mass is 10.1. The van der Waals surface area contributed by atoms with Crippen molar-refractivity contribution in [3.8, 4) is 11.1 Å². The van der Waals surface area contributed by atoms with E-state index in [1.165, 1.54) is 4.57 Å². The SMILES string of the molecule is Cn1c(=O)c(-c2c(Cl)cccc2Cl)cc2c(N)nc(Nc3ccc(Br)cc3)nc21. The summed E-state index contributed by atoms with van der Waals surface area (Å²) in [5.74, 6) is 0.519. The van der Waals surface area contributed by atoms with Crippen molar-refractivity contribution in [3.05, 3.63) is 73.4 Å². The van der Waals surface area contributed by atoms with Gasteiger partial charge in [-0.3, -0.25) is 9.36 Å². The van der Waals surface area contributed by atoms with Crippen molar-refractivity contribution in [2.45, 2.75) is 0 Å². The van der Waals surface area contributed by atoms with E-state index >= 15 is 0 Å². The fourth-order valence-electron chi connectivity index (χ4n) is 3.00. The summed E-state index contributed by atoms with van der Waals surface area (Å²) < 4.78 is 2.37. The summed E-state index contributed by atoms with van der Waals surface area (Å²) >= 11 is 16.0. The Morgan fingerprint density at radius 1 is 1.07 bits per heavy atom. The fraction of sp³-hybridized carbons (Fsp3) is 0.0500. The Labute approximate surface area is 184 Å². The first-order valence-corrected chi connectivity index (χ1v) is 10.0. The number of nitrogens with one attached hydrogen (secondary N) is 1. The van der Waals surface area contributed by atoms with Crippen molar-refractivity contribution in [2.75, 3.05) is 11.1 Å². The van der Waals surface area contributed by atoms with Gasteiger partial charge in [-0.25, -0.2) is 0 Å². The number of nitrogens with two attached hydrogens (primary N) is 1. The molecule has 0 aliphatic carbocycles. The van der Waals surface area contributed by atoms with Crippen LogP contribution in [0.3, 0.4) is 0 Å². The molecule has 0 aliphatic heterocycles. The lowest BCUT2D eigenvalue weighted by Gasteiger charge is -2.13. The zero-order chi connectivity index (χ0) is 20.7. The van der Waals surface area contributed by atoms with Crippen LogP contribution in [0.4, 0.5) is 17.5 Å². The minimum absolute atomic E-state index is 0.231. The molecule has 2 heterocycles. The van der Waals surface area contributed by atoms with Crippen LogP contribution >= 0.6 is 39.1 Å². The number of halogens is 3. The van der Waals surface area contributed by atoms with E-state index in [1.54, 1.807) is 31.3 Å². The van der Waals surface area contributed by atoms with E-state index in [4.69, 9.17) is 28.9 Å². The van der Waals surface area contributed by atoms with E-state index in [1.807, 2.05) is 24.3 Å². The molecule has 2 aromatic heterocycles. The molecule has 3 N–H and O–H groups in total. The normalized spacial score (nSPS) is 11.0. The van der Waals surface area contributed by atoms with Gasteiger partial charge in [-0.15, -0.1) is 0 Å². The fourth-order valence-corrected chi connectivity index (χ4v) is 3.87. The molecule has 0 saturated heterocycles. The molecule has 0 unspecified atom stereocenters. The molecule has 0 bridgehead atoms. The second kappa shape index (κ2) is 7.67. The quantitative estimate of drug-likeness (QED) is 0.402. The molecule has 9 heteroatoms. The maximum absolute atomic E-state index is 13.0. The lowest BCUT2D eigenvalue weighted by Crippen LogP contribution is -2.21. The van der Waals surface area contributed by atoms with Gasteiger partial charge in [0.1, 0.15) is 11.5 Å². The van der Waals surface area contributed by atoms with Crippen molar-refractivity contribution in [1.29, 1.82) is 0 Å². The van der Waals surface area contributed by atoms with Gasteiger partial charge in [0.25, 0.3) is 5.56 Å². The average molecular weight is 491 g/mol. The van der Waals surface area contributed by atoms with Gasteiger partial charge in [0.05, 0.1) is 21.0 Å². The first-order chi connectivity index (χ1) is 13.8. The lowest BCUT2D eigenvalue weighted by molar-refractivity contribution is 0.888. The number of hydrogen-bond donors (Lipinski definition) is 2.